The number of aryl methyl sites for hydroxylation is 1. The molecular weight excluding hydrogens is 407 g/mol. The summed E-state index contributed by atoms with van der Waals surface area (Å²) in [4.78, 5) is -0.132. The lowest BCUT2D eigenvalue weighted by molar-refractivity contribution is 0.416. The lowest BCUT2D eigenvalue weighted by Crippen LogP contribution is -2.28. The zero-order chi connectivity index (χ0) is 20.5. The third-order valence-corrected chi connectivity index (χ3v) is 7.96. The van der Waals surface area contributed by atoms with Gasteiger partial charge in [0.25, 0.3) is 10.0 Å². The maximum atomic E-state index is 13.3. The van der Waals surface area contributed by atoms with Crippen molar-refractivity contribution in [2.24, 2.45) is 0 Å². The van der Waals surface area contributed by atoms with Crippen LogP contribution in [0.25, 0.3) is 0 Å². The van der Waals surface area contributed by atoms with Crippen LogP contribution in [0.15, 0.2) is 46.2 Å². The number of halogens is 1. The summed E-state index contributed by atoms with van der Waals surface area (Å²) in [5, 5.41) is 0. The van der Waals surface area contributed by atoms with Gasteiger partial charge in [-0.3, -0.25) is 4.72 Å². The zero-order valence-corrected chi connectivity index (χ0v) is 17.1. The molecule has 0 aromatic heterocycles. The predicted molar refractivity (Wildman–Crippen MR) is 103 cm³/mol. The molecule has 0 unspecified atom stereocenters. The van der Waals surface area contributed by atoms with Crippen LogP contribution < -0.4 is 9.46 Å². The second-order valence-electron chi connectivity index (χ2n) is 6.49. The molecule has 0 atom stereocenters. The Hall–Kier alpha value is -2.17. The van der Waals surface area contributed by atoms with E-state index in [2.05, 4.69) is 4.72 Å². The molecule has 2 aromatic rings. The van der Waals surface area contributed by atoms with Crippen LogP contribution in [0.5, 0.6) is 5.75 Å². The average Bonchev–Trinajstić information content (AvgIpc) is 3.16. The number of methoxy groups -OCH3 is 1. The summed E-state index contributed by atoms with van der Waals surface area (Å²) in [5.41, 5.74) is 0.221. The Labute approximate surface area is 164 Å². The number of sulfonamides is 2. The van der Waals surface area contributed by atoms with Gasteiger partial charge in [0.15, 0.2) is 0 Å². The van der Waals surface area contributed by atoms with Crippen LogP contribution in [0.4, 0.5) is 10.1 Å². The third-order valence-electron chi connectivity index (χ3n) is 4.54. The number of benzene rings is 2. The van der Waals surface area contributed by atoms with E-state index in [0.717, 1.165) is 31.0 Å². The minimum absolute atomic E-state index is 0.00787. The van der Waals surface area contributed by atoms with E-state index in [1.54, 1.807) is 0 Å². The van der Waals surface area contributed by atoms with Gasteiger partial charge >= 0.3 is 0 Å². The topological polar surface area (TPSA) is 92.8 Å². The Balaban J connectivity index is 2.01. The molecule has 28 heavy (non-hydrogen) atoms. The summed E-state index contributed by atoms with van der Waals surface area (Å²) < 4.78 is 73.3. The molecule has 1 aliphatic heterocycles. The number of rotatable bonds is 6. The van der Waals surface area contributed by atoms with Crippen LogP contribution in [-0.4, -0.2) is 41.3 Å². The number of hydrogen-bond donors (Lipinski definition) is 1. The molecular formula is C18H21FN2O5S2. The largest absolute Gasteiger partial charge is 0.495 e. The van der Waals surface area contributed by atoms with E-state index in [1.165, 1.54) is 36.5 Å². The maximum Gasteiger partial charge on any atom is 0.262 e. The monoisotopic (exact) mass is 428 g/mol. The fraction of sp³-hybridized carbons (Fsp3) is 0.333. The van der Waals surface area contributed by atoms with E-state index in [0.29, 0.717) is 13.1 Å². The molecule has 1 aliphatic rings. The van der Waals surface area contributed by atoms with Gasteiger partial charge in [-0.1, -0.05) is 0 Å². The van der Waals surface area contributed by atoms with Gasteiger partial charge in [-0.05, 0) is 61.7 Å². The summed E-state index contributed by atoms with van der Waals surface area (Å²) in [7, 11) is -6.45. The maximum absolute atomic E-state index is 13.3. The Kier molecular flexibility index (Phi) is 5.64. The Morgan fingerprint density at radius 1 is 1.04 bits per heavy atom. The minimum Gasteiger partial charge on any atom is -0.495 e. The molecule has 152 valence electrons. The highest BCUT2D eigenvalue weighted by Gasteiger charge is 2.28. The lowest BCUT2D eigenvalue weighted by Gasteiger charge is -2.18. The van der Waals surface area contributed by atoms with Gasteiger partial charge < -0.3 is 4.74 Å². The van der Waals surface area contributed by atoms with Gasteiger partial charge in [0, 0.05) is 13.1 Å². The normalized spacial score (nSPS) is 15.5. The van der Waals surface area contributed by atoms with E-state index in [-0.39, 0.29) is 26.8 Å². The fourth-order valence-electron chi connectivity index (χ4n) is 3.12. The first-order chi connectivity index (χ1) is 13.1. The second-order valence-corrected chi connectivity index (χ2v) is 10.1. The third kappa shape index (κ3) is 3.98. The molecule has 1 fully saturated rings. The zero-order valence-electron chi connectivity index (χ0n) is 15.5. The van der Waals surface area contributed by atoms with E-state index in [1.807, 2.05) is 0 Å². The number of hydrogen-bond acceptors (Lipinski definition) is 5. The highest BCUT2D eigenvalue weighted by atomic mass is 32.2. The first kappa shape index (κ1) is 20.6. The SMILES string of the molecule is COc1ccc(S(=O)(=O)N2CCCC2)cc1NS(=O)(=O)c1ccc(F)cc1C. The molecule has 0 saturated carbocycles. The molecule has 7 nitrogen and oxygen atoms in total. The quantitative estimate of drug-likeness (QED) is 0.764. The predicted octanol–water partition coefficient (Wildman–Crippen LogP) is 2.73. The van der Waals surface area contributed by atoms with Crippen molar-refractivity contribution >= 4 is 25.7 Å². The summed E-state index contributed by atoms with van der Waals surface area (Å²) in [6, 6.07) is 7.34. The highest BCUT2D eigenvalue weighted by Crippen LogP contribution is 2.32. The lowest BCUT2D eigenvalue weighted by atomic mass is 10.2. The van der Waals surface area contributed by atoms with Crippen molar-refractivity contribution in [1.82, 2.24) is 4.31 Å². The van der Waals surface area contributed by atoms with Crippen molar-refractivity contribution in [1.29, 1.82) is 0 Å². The molecule has 0 aliphatic carbocycles. The molecule has 0 amide bonds. The summed E-state index contributed by atoms with van der Waals surface area (Å²) >= 11 is 0. The molecule has 0 spiro atoms. The van der Waals surface area contributed by atoms with Crippen molar-refractivity contribution in [3.8, 4) is 5.75 Å². The number of anilines is 1. The molecule has 1 heterocycles. The molecule has 2 aromatic carbocycles. The van der Waals surface area contributed by atoms with Gasteiger partial charge in [0.05, 0.1) is 22.6 Å². The van der Waals surface area contributed by atoms with Crippen LogP contribution in [0.3, 0.4) is 0 Å². The Morgan fingerprint density at radius 2 is 1.71 bits per heavy atom. The molecule has 10 heteroatoms. The smallest absolute Gasteiger partial charge is 0.262 e. The minimum atomic E-state index is -4.08. The van der Waals surface area contributed by atoms with E-state index in [9.17, 15) is 21.2 Å². The van der Waals surface area contributed by atoms with Crippen LogP contribution in [0, 0.1) is 12.7 Å². The summed E-state index contributed by atoms with van der Waals surface area (Å²) in [6.45, 7) is 2.34. The van der Waals surface area contributed by atoms with E-state index in [4.69, 9.17) is 4.74 Å². The Morgan fingerprint density at radius 3 is 2.32 bits per heavy atom. The summed E-state index contributed by atoms with van der Waals surface area (Å²) in [5.74, 6) is -0.378. The van der Waals surface area contributed by atoms with Crippen molar-refractivity contribution in [2.45, 2.75) is 29.6 Å². The van der Waals surface area contributed by atoms with Crippen LogP contribution in [0.1, 0.15) is 18.4 Å². The summed E-state index contributed by atoms with van der Waals surface area (Å²) in [6.07, 6.45) is 1.58. The van der Waals surface area contributed by atoms with Crippen molar-refractivity contribution in [3.63, 3.8) is 0 Å². The van der Waals surface area contributed by atoms with Crippen LogP contribution in [-0.2, 0) is 20.0 Å². The van der Waals surface area contributed by atoms with Gasteiger partial charge in [0.1, 0.15) is 11.6 Å². The number of ether oxygens (including phenoxy) is 1. The molecule has 1 N–H and O–H groups in total. The number of nitrogens with one attached hydrogen (secondary N) is 1. The van der Waals surface area contributed by atoms with Crippen molar-refractivity contribution < 1.29 is 26.0 Å². The van der Waals surface area contributed by atoms with Gasteiger partial charge in [-0.2, -0.15) is 4.31 Å². The van der Waals surface area contributed by atoms with Crippen molar-refractivity contribution in [2.75, 3.05) is 24.9 Å². The van der Waals surface area contributed by atoms with Gasteiger partial charge in [0.2, 0.25) is 10.0 Å². The standard InChI is InChI=1S/C18H21FN2O5S2/c1-13-11-14(19)5-8-18(13)27(22,23)20-16-12-15(6-7-17(16)26-2)28(24,25)21-9-3-4-10-21/h5-8,11-12,20H,3-4,9-10H2,1-2H3. The molecule has 0 bridgehead atoms. The van der Waals surface area contributed by atoms with Crippen molar-refractivity contribution in [3.05, 3.63) is 47.8 Å². The second kappa shape index (κ2) is 7.69. The Bertz CT molecular complexity index is 1090. The van der Waals surface area contributed by atoms with Crippen LogP contribution in [0.2, 0.25) is 0 Å². The van der Waals surface area contributed by atoms with Gasteiger partial charge in [-0.15, -0.1) is 0 Å². The van der Waals surface area contributed by atoms with Crippen LogP contribution >= 0.6 is 0 Å². The number of nitrogens with zero attached hydrogens (tertiary/aromatic N) is 1. The highest BCUT2D eigenvalue weighted by molar-refractivity contribution is 7.92. The van der Waals surface area contributed by atoms with E-state index < -0.39 is 25.9 Å². The molecule has 0 radical (unpaired) electrons. The van der Waals surface area contributed by atoms with Gasteiger partial charge in [-0.25, -0.2) is 21.2 Å². The molecule has 1 saturated heterocycles. The van der Waals surface area contributed by atoms with E-state index >= 15 is 0 Å². The average molecular weight is 429 g/mol. The molecule has 3 rings (SSSR count). The first-order valence-corrected chi connectivity index (χ1v) is 11.5. The fourth-order valence-corrected chi connectivity index (χ4v) is 5.95. The first-order valence-electron chi connectivity index (χ1n) is 8.62.